The van der Waals surface area contributed by atoms with Crippen LogP contribution < -0.4 is 9.03 Å². The second-order valence-corrected chi connectivity index (χ2v) is 6.52. The summed E-state index contributed by atoms with van der Waals surface area (Å²) < 4.78 is 79.1. The number of aromatic nitrogens is 2. The van der Waals surface area contributed by atoms with Gasteiger partial charge in [0.05, 0.1) is 5.56 Å². The highest BCUT2D eigenvalue weighted by Gasteiger charge is 2.38. The normalized spacial score (nSPS) is 16.5. The molecule has 0 saturated carbocycles. The highest BCUT2D eigenvalue weighted by Crippen LogP contribution is 2.39. The number of amides is 1. The molecule has 0 aliphatic carbocycles. The third-order valence-electron chi connectivity index (χ3n) is 3.34. The van der Waals surface area contributed by atoms with Gasteiger partial charge in [-0.2, -0.15) is 21.6 Å². The van der Waals surface area contributed by atoms with Crippen LogP contribution in [0.15, 0.2) is 18.3 Å². The van der Waals surface area contributed by atoms with E-state index in [9.17, 15) is 35.9 Å². The molecule has 8 nitrogen and oxygen atoms in total. The summed E-state index contributed by atoms with van der Waals surface area (Å²) in [5.74, 6) is -4.66. The fraction of sp³-hybridized carbons (Fsp3) is 0.167. The van der Waals surface area contributed by atoms with Crippen LogP contribution in [0.3, 0.4) is 0 Å². The average molecular weight is 380 g/mol. The molecule has 1 aromatic heterocycles. The molecule has 3 rings (SSSR count). The van der Waals surface area contributed by atoms with E-state index in [4.69, 9.17) is 0 Å². The van der Waals surface area contributed by atoms with Crippen LogP contribution in [0.1, 0.15) is 6.55 Å². The van der Waals surface area contributed by atoms with Crippen molar-refractivity contribution in [3.05, 3.63) is 30.1 Å². The Labute approximate surface area is 137 Å². The van der Waals surface area contributed by atoms with Crippen molar-refractivity contribution in [2.45, 2.75) is 6.55 Å². The molecule has 2 N–H and O–H groups in total. The summed E-state index contributed by atoms with van der Waals surface area (Å²) in [6, 6.07) is 1.70. The van der Waals surface area contributed by atoms with Gasteiger partial charge in [0.25, 0.3) is 5.91 Å². The van der Waals surface area contributed by atoms with E-state index in [0.29, 0.717) is 6.20 Å². The second kappa shape index (κ2) is 5.61. The number of aromatic hydroxyl groups is 1. The molecule has 13 heteroatoms. The maximum Gasteiger partial charge on any atom is 0.333 e. The summed E-state index contributed by atoms with van der Waals surface area (Å²) in [6.07, 6.45) is 0.529. The van der Waals surface area contributed by atoms with Crippen LogP contribution in [-0.2, 0) is 15.0 Å². The lowest BCUT2D eigenvalue weighted by Gasteiger charge is -2.18. The van der Waals surface area contributed by atoms with Crippen LogP contribution in [0, 0.1) is 11.8 Å². The lowest BCUT2D eigenvalue weighted by atomic mass is 10.1. The molecular formula is C12H8F4N4O4S. The Hall–Kier alpha value is -2.83. The second-order valence-electron chi connectivity index (χ2n) is 4.92. The molecule has 0 spiro atoms. The molecule has 1 aliphatic rings. The summed E-state index contributed by atoms with van der Waals surface area (Å²) in [6.45, 7) is -3.99. The van der Waals surface area contributed by atoms with Gasteiger partial charge in [0, 0.05) is 11.8 Å². The average Bonchev–Trinajstić information content (AvgIpc) is 2.99. The van der Waals surface area contributed by atoms with E-state index < -0.39 is 63.5 Å². The summed E-state index contributed by atoms with van der Waals surface area (Å²) >= 11 is 0. The highest BCUT2D eigenvalue weighted by atomic mass is 32.2. The number of alkyl halides is 2. The van der Waals surface area contributed by atoms with E-state index in [0.717, 1.165) is 12.1 Å². The molecule has 0 unspecified atom stereocenters. The molecule has 0 bridgehead atoms. The zero-order valence-electron chi connectivity index (χ0n) is 12.0. The number of carbonyl (C=O) groups is 1. The molecule has 1 fully saturated rings. The van der Waals surface area contributed by atoms with E-state index >= 15 is 0 Å². The van der Waals surface area contributed by atoms with E-state index in [2.05, 4.69) is 5.10 Å². The smallest absolute Gasteiger partial charge is 0.333 e. The summed E-state index contributed by atoms with van der Waals surface area (Å²) in [5.41, 5.74) is -2.21. The lowest BCUT2D eigenvalue weighted by Crippen LogP contribution is -2.30. The molecule has 25 heavy (non-hydrogen) atoms. The van der Waals surface area contributed by atoms with E-state index in [1.165, 1.54) is 0 Å². The van der Waals surface area contributed by atoms with Crippen LogP contribution in [0.2, 0.25) is 0 Å². The highest BCUT2D eigenvalue weighted by molar-refractivity contribution is 7.92. The van der Waals surface area contributed by atoms with Crippen molar-refractivity contribution in [3.63, 3.8) is 0 Å². The maximum atomic E-state index is 14.7. The van der Waals surface area contributed by atoms with Crippen molar-refractivity contribution in [2.24, 2.45) is 0 Å². The van der Waals surface area contributed by atoms with Gasteiger partial charge in [-0.05, 0) is 12.1 Å². The Morgan fingerprint density at radius 1 is 1.24 bits per heavy atom. The van der Waals surface area contributed by atoms with Crippen molar-refractivity contribution in [1.82, 2.24) is 14.5 Å². The topological polar surface area (TPSA) is 105 Å². The third-order valence-corrected chi connectivity index (χ3v) is 4.72. The van der Waals surface area contributed by atoms with E-state index in [1.54, 1.807) is 4.72 Å². The summed E-state index contributed by atoms with van der Waals surface area (Å²) in [7, 11) is -4.45. The monoisotopic (exact) mass is 380 g/mol. The number of hydrogen-bond acceptors (Lipinski definition) is 5. The molecule has 0 radical (unpaired) electrons. The Balaban J connectivity index is 2.18. The molecule has 0 atom stereocenters. The van der Waals surface area contributed by atoms with Crippen molar-refractivity contribution < 1.29 is 35.9 Å². The van der Waals surface area contributed by atoms with Gasteiger partial charge >= 0.3 is 16.8 Å². The fourth-order valence-corrected chi connectivity index (χ4v) is 3.46. The summed E-state index contributed by atoms with van der Waals surface area (Å²) in [5, 5.41) is 12.7. The molecule has 1 aromatic carbocycles. The number of benzene rings is 1. The van der Waals surface area contributed by atoms with Crippen molar-refractivity contribution in [1.29, 1.82) is 0 Å². The van der Waals surface area contributed by atoms with Gasteiger partial charge in [-0.15, -0.1) is 5.10 Å². The number of halogens is 4. The molecule has 2 heterocycles. The standard InChI is InChI=1S/C12H8F4N4O4S/c13-9-5(6-3-19(12(15)16)17-11(6)14)1-2-7(21)10(9)20-4-8(22)18-25(20,23)24/h1-3,12,21H,4H2,(H,18,22). The molecular weight excluding hydrogens is 372 g/mol. The fourth-order valence-electron chi connectivity index (χ4n) is 2.30. The first-order valence-electron chi connectivity index (χ1n) is 6.49. The van der Waals surface area contributed by atoms with Crippen molar-refractivity contribution >= 4 is 21.8 Å². The minimum absolute atomic E-state index is 0.0473. The van der Waals surface area contributed by atoms with Gasteiger partial charge in [0.1, 0.15) is 18.0 Å². The van der Waals surface area contributed by atoms with Crippen LogP contribution in [0.4, 0.5) is 23.2 Å². The third kappa shape index (κ3) is 2.75. The predicted octanol–water partition coefficient (Wildman–Crippen LogP) is 1.11. The van der Waals surface area contributed by atoms with Gasteiger partial charge in [0.15, 0.2) is 5.82 Å². The number of carbonyl (C=O) groups excluding carboxylic acids is 1. The minimum Gasteiger partial charge on any atom is -0.506 e. The molecule has 1 saturated heterocycles. The van der Waals surface area contributed by atoms with Crippen LogP contribution in [0.25, 0.3) is 11.1 Å². The van der Waals surface area contributed by atoms with Crippen molar-refractivity contribution in [2.75, 3.05) is 10.8 Å². The minimum atomic E-state index is -4.45. The molecule has 1 aliphatic heterocycles. The first-order chi connectivity index (χ1) is 11.6. The van der Waals surface area contributed by atoms with Crippen LogP contribution in [-0.4, -0.2) is 35.8 Å². The molecule has 1 amide bonds. The predicted molar refractivity (Wildman–Crippen MR) is 74.9 cm³/mol. The SMILES string of the molecule is O=C1CN(c2c(O)ccc(-c3cn(C(F)F)nc3F)c2F)S(=O)(=O)N1. The maximum absolute atomic E-state index is 14.7. The van der Waals surface area contributed by atoms with Gasteiger partial charge in [0.2, 0.25) is 5.95 Å². The van der Waals surface area contributed by atoms with Crippen molar-refractivity contribution in [3.8, 4) is 16.9 Å². The Bertz CT molecular complexity index is 976. The Kier molecular flexibility index (Phi) is 3.82. The van der Waals surface area contributed by atoms with Gasteiger partial charge < -0.3 is 5.11 Å². The van der Waals surface area contributed by atoms with Gasteiger partial charge in [-0.1, -0.05) is 0 Å². The first-order valence-corrected chi connectivity index (χ1v) is 7.93. The van der Waals surface area contributed by atoms with Crippen LogP contribution in [0.5, 0.6) is 5.75 Å². The quantitative estimate of drug-likeness (QED) is 0.777. The van der Waals surface area contributed by atoms with Gasteiger partial charge in [-0.25, -0.2) is 18.1 Å². The number of phenolic OH excluding ortho intramolecular Hbond substituents is 1. The molecule has 134 valence electrons. The number of hydrogen-bond donors (Lipinski definition) is 2. The number of nitrogens with zero attached hydrogens (tertiary/aromatic N) is 3. The number of nitrogens with one attached hydrogen (secondary N) is 1. The van der Waals surface area contributed by atoms with E-state index in [1.807, 2.05) is 0 Å². The van der Waals surface area contributed by atoms with E-state index in [-0.39, 0.29) is 8.99 Å². The Morgan fingerprint density at radius 2 is 1.92 bits per heavy atom. The zero-order chi connectivity index (χ0) is 18.5. The van der Waals surface area contributed by atoms with Crippen LogP contribution >= 0.6 is 0 Å². The lowest BCUT2D eigenvalue weighted by molar-refractivity contribution is -0.117. The number of phenols is 1. The number of rotatable bonds is 3. The first kappa shape index (κ1) is 17.0. The molecule has 2 aromatic rings. The Morgan fingerprint density at radius 3 is 2.44 bits per heavy atom. The zero-order valence-corrected chi connectivity index (χ0v) is 12.8. The number of anilines is 1. The summed E-state index contributed by atoms with van der Waals surface area (Å²) in [4.78, 5) is 11.3. The largest absolute Gasteiger partial charge is 0.506 e. The van der Waals surface area contributed by atoms with Gasteiger partial charge in [-0.3, -0.25) is 4.79 Å².